The molecule has 0 spiro atoms. The van der Waals surface area contributed by atoms with Gasteiger partial charge in [-0.15, -0.1) is 0 Å². The number of hydrogen-bond donors (Lipinski definition) is 1. The van der Waals surface area contributed by atoms with Gasteiger partial charge in [0.2, 0.25) is 0 Å². The summed E-state index contributed by atoms with van der Waals surface area (Å²) < 4.78 is 18.7. The number of nitrogens with one attached hydrogen (secondary N) is 1. The first-order chi connectivity index (χ1) is 11.7. The van der Waals surface area contributed by atoms with Crippen LogP contribution in [0.5, 0.6) is 5.75 Å². The van der Waals surface area contributed by atoms with E-state index in [2.05, 4.69) is 4.98 Å². The second-order valence-electron chi connectivity index (χ2n) is 5.95. The molecule has 2 aromatic carbocycles. The third kappa shape index (κ3) is 2.33. The highest BCUT2D eigenvalue weighted by atomic mass is 19.1. The van der Waals surface area contributed by atoms with Gasteiger partial charge in [0.25, 0.3) is 5.91 Å². The van der Waals surface area contributed by atoms with Crippen LogP contribution in [-0.4, -0.2) is 29.4 Å². The molecule has 24 heavy (non-hydrogen) atoms. The smallest absolute Gasteiger partial charge is 0.257 e. The molecule has 5 heteroatoms. The topological polar surface area (TPSA) is 45.3 Å². The maximum absolute atomic E-state index is 13.4. The molecule has 0 bridgehead atoms. The summed E-state index contributed by atoms with van der Waals surface area (Å²) in [6, 6.07) is 12.0. The molecule has 1 aromatic heterocycles. The Balaban J connectivity index is 1.69. The van der Waals surface area contributed by atoms with E-state index < -0.39 is 0 Å². The first-order valence-corrected chi connectivity index (χ1v) is 7.88. The molecule has 3 aromatic rings. The van der Waals surface area contributed by atoms with E-state index in [0.717, 1.165) is 28.6 Å². The maximum Gasteiger partial charge on any atom is 0.257 e. The van der Waals surface area contributed by atoms with Crippen molar-refractivity contribution in [3.05, 3.63) is 65.1 Å². The summed E-state index contributed by atoms with van der Waals surface area (Å²) in [5.41, 5.74) is 3.50. The van der Waals surface area contributed by atoms with Crippen molar-refractivity contribution in [2.24, 2.45) is 0 Å². The quantitative estimate of drug-likeness (QED) is 0.784. The van der Waals surface area contributed by atoms with Crippen molar-refractivity contribution in [3.8, 4) is 5.75 Å². The van der Waals surface area contributed by atoms with Crippen molar-refractivity contribution >= 4 is 16.8 Å². The summed E-state index contributed by atoms with van der Waals surface area (Å²) in [4.78, 5) is 18.0. The zero-order valence-corrected chi connectivity index (χ0v) is 13.3. The van der Waals surface area contributed by atoms with Crippen molar-refractivity contribution in [1.82, 2.24) is 9.88 Å². The second-order valence-corrected chi connectivity index (χ2v) is 5.95. The summed E-state index contributed by atoms with van der Waals surface area (Å²) in [5, 5.41) is 0.976. The number of halogens is 1. The molecule has 0 fully saturated rings. The van der Waals surface area contributed by atoms with E-state index in [4.69, 9.17) is 4.74 Å². The lowest BCUT2D eigenvalue weighted by atomic mass is 10.0. The van der Waals surface area contributed by atoms with E-state index in [9.17, 15) is 9.18 Å². The van der Waals surface area contributed by atoms with Gasteiger partial charge in [-0.2, -0.15) is 0 Å². The van der Waals surface area contributed by atoms with Crippen LogP contribution in [0.3, 0.4) is 0 Å². The molecule has 1 aliphatic heterocycles. The van der Waals surface area contributed by atoms with Crippen molar-refractivity contribution in [2.75, 3.05) is 13.7 Å². The number of ether oxygens (including phenoxy) is 1. The lowest BCUT2D eigenvalue weighted by molar-refractivity contribution is 0.0731. The second kappa shape index (κ2) is 5.67. The molecule has 0 atom stereocenters. The molecule has 4 rings (SSSR count). The molecule has 1 amide bonds. The Hall–Kier alpha value is -2.82. The molecular formula is C19H17FN2O2. The average Bonchev–Trinajstić information content (AvgIpc) is 2.97. The van der Waals surface area contributed by atoms with E-state index >= 15 is 0 Å². The summed E-state index contributed by atoms with van der Waals surface area (Å²) in [5.74, 6) is 0.270. The first kappa shape index (κ1) is 14.8. The third-order valence-corrected chi connectivity index (χ3v) is 4.56. The lowest BCUT2D eigenvalue weighted by Gasteiger charge is -2.27. The van der Waals surface area contributed by atoms with Gasteiger partial charge in [0.1, 0.15) is 11.6 Å². The Labute approximate surface area is 138 Å². The normalized spacial score (nSPS) is 13.8. The Morgan fingerprint density at radius 2 is 2.08 bits per heavy atom. The number of fused-ring (bicyclic) bond motifs is 3. The van der Waals surface area contributed by atoms with Crippen LogP contribution >= 0.6 is 0 Å². The van der Waals surface area contributed by atoms with Gasteiger partial charge in [-0.25, -0.2) is 4.39 Å². The van der Waals surface area contributed by atoms with Gasteiger partial charge in [-0.1, -0.05) is 12.1 Å². The number of para-hydroxylation sites is 1. The summed E-state index contributed by atoms with van der Waals surface area (Å²) in [7, 11) is 1.56. The Kier molecular flexibility index (Phi) is 3.49. The van der Waals surface area contributed by atoms with Crippen LogP contribution in [0.25, 0.3) is 10.9 Å². The van der Waals surface area contributed by atoms with Gasteiger partial charge in [0.15, 0.2) is 0 Å². The van der Waals surface area contributed by atoms with Gasteiger partial charge in [0.05, 0.1) is 12.7 Å². The van der Waals surface area contributed by atoms with Crippen LogP contribution in [0, 0.1) is 5.82 Å². The summed E-state index contributed by atoms with van der Waals surface area (Å²) >= 11 is 0. The van der Waals surface area contributed by atoms with E-state index in [0.29, 0.717) is 24.4 Å². The Morgan fingerprint density at radius 3 is 2.92 bits per heavy atom. The molecule has 122 valence electrons. The highest BCUT2D eigenvalue weighted by Gasteiger charge is 2.26. The van der Waals surface area contributed by atoms with Gasteiger partial charge in [-0.05, 0) is 30.3 Å². The lowest BCUT2D eigenvalue weighted by Crippen LogP contribution is -2.36. The predicted molar refractivity (Wildman–Crippen MR) is 89.7 cm³/mol. The minimum Gasteiger partial charge on any atom is -0.496 e. The number of carbonyl (C=O) groups is 1. The monoisotopic (exact) mass is 324 g/mol. The average molecular weight is 324 g/mol. The van der Waals surface area contributed by atoms with Crippen LogP contribution in [0.15, 0.2) is 42.5 Å². The summed E-state index contributed by atoms with van der Waals surface area (Å²) in [6.07, 6.45) is 0.729. The fourth-order valence-corrected chi connectivity index (χ4v) is 3.36. The number of methoxy groups -OCH3 is 1. The molecule has 2 heterocycles. The van der Waals surface area contributed by atoms with E-state index in [-0.39, 0.29) is 11.7 Å². The third-order valence-electron chi connectivity index (χ3n) is 4.56. The van der Waals surface area contributed by atoms with Crippen LogP contribution in [0.1, 0.15) is 21.6 Å². The number of hydrogen-bond acceptors (Lipinski definition) is 2. The van der Waals surface area contributed by atoms with Gasteiger partial charge in [-0.3, -0.25) is 4.79 Å². The standard InChI is InChI=1S/C19H17FN2O2/c1-24-18-5-3-2-4-14(18)19(23)22-9-8-16-15(11-22)13-7-6-12(20)10-17(13)21-16/h2-7,10,21H,8-9,11H2,1H3. The Bertz CT molecular complexity index is 932. The zero-order chi connectivity index (χ0) is 16.7. The molecule has 4 nitrogen and oxygen atoms in total. The van der Waals surface area contributed by atoms with Crippen molar-refractivity contribution in [3.63, 3.8) is 0 Å². The minimum absolute atomic E-state index is 0.0467. The molecule has 0 aliphatic carbocycles. The molecule has 1 aliphatic rings. The minimum atomic E-state index is -0.261. The first-order valence-electron chi connectivity index (χ1n) is 7.88. The van der Waals surface area contributed by atoms with Crippen LogP contribution in [0.4, 0.5) is 4.39 Å². The fraction of sp³-hybridized carbons (Fsp3) is 0.211. The molecule has 0 saturated heterocycles. The number of H-pyrrole nitrogens is 1. The summed E-state index contributed by atoms with van der Waals surface area (Å²) in [6.45, 7) is 1.14. The number of aromatic amines is 1. The maximum atomic E-state index is 13.4. The van der Waals surface area contributed by atoms with E-state index in [1.54, 1.807) is 25.3 Å². The fourth-order valence-electron chi connectivity index (χ4n) is 3.36. The largest absolute Gasteiger partial charge is 0.496 e. The molecule has 0 saturated carbocycles. The van der Waals surface area contributed by atoms with Crippen molar-refractivity contribution in [1.29, 1.82) is 0 Å². The highest BCUT2D eigenvalue weighted by Crippen LogP contribution is 2.30. The van der Waals surface area contributed by atoms with Crippen LogP contribution in [0.2, 0.25) is 0 Å². The molecule has 0 radical (unpaired) electrons. The molecule has 1 N–H and O–H groups in total. The number of nitrogens with zero attached hydrogens (tertiary/aromatic N) is 1. The molecular weight excluding hydrogens is 307 g/mol. The van der Waals surface area contributed by atoms with Crippen molar-refractivity contribution < 1.29 is 13.9 Å². The Morgan fingerprint density at radius 1 is 1.25 bits per heavy atom. The van der Waals surface area contributed by atoms with E-state index in [1.807, 2.05) is 17.0 Å². The van der Waals surface area contributed by atoms with Crippen LogP contribution in [-0.2, 0) is 13.0 Å². The number of rotatable bonds is 2. The number of amides is 1. The number of benzene rings is 2. The van der Waals surface area contributed by atoms with Crippen LogP contribution < -0.4 is 4.74 Å². The van der Waals surface area contributed by atoms with Gasteiger partial charge in [0, 0.05) is 41.7 Å². The van der Waals surface area contributed by atoms with Gasteiger partial charge >= 0.3 is 0 Å². The molecule has 0 unspecified atom stereocenters. The number of carbonyl (C=O) groups excluding carboxylic acids is 1. The van der Waals surface area contributed by atoms with Crippen molar-refractivity contribution in [2.45, 2.75) is 13.0 Å². The predicted octanol–water partition coefficient (Wildman–Crippen LogP) is 3.51. The highest BCUT2D eigenvalue weighted by molar-refractivity contribution is 5.97. The number of aromatic nitrogens is 1. The SMILES string of the molecule is COc1ccccc1C(=O)N1CCc2[nH]c3cc(F)ccc3c2C1. The van der Waals surface area contributed by atoms with E-state index in [1.165, 1.54) is 12.1 Å². The van der Waals surface area contributed by atoms with Gasteiger partial charge < -0.3 is 14.6 Å². The zero-order valence-electron chi connectivity index (χ0n) is 13.3.